The number of aromatic nitrogens is 3. The molecule has 0 fully saturated rings. The van der Waals surface area contributed by atoms with Crippen LogP contribution in [0, 0.1) is 0 Å². The van der Waals surface area contributed by atoms with Gasteiger partial charge in [-0.1, -0.05) is 47.6 Å². The number of hydrazone groups is 1. The van der Waals surface area contributed by atoms with E-state index in [0.29, 0.717) is 16.0 Å². The van der Waals surface area contributed by atoms with Crippen molar-refractivity contribution in [3.8, 4) is 17.1 Å². The predicted molar refractivity (Wildman–Crippen MR) is 111 cm³/mol. The Labute approximate surface area is 171 Å². The zero-order valence-electron chi connectivity index (χ0n) is 15.3. The van der Waals surface area contributed by atoms with Crippen LogP contribution in [-0.4, -0.2) is 39.7 Å². The fraction of sp³-hybridized carbons (Fsp3) is 0.158. The van der Waals surface area contributed by atoms with Gasteiger partial charge in [0, 0.05) is 17.6 Å². The normalized spacial score (nSPS) is 11.0. The van der Waals surface area contributed by atoms with Gasteiger partial charge in [0.05, 0.1) is 19.1 Å². The molecule has 0 atom stereocenters. The molecule has 0 bridgehead atoms. The van der Waals surface area contributed by atoms with E-state index in [1.54, 1.807) is 19.4 Å². The average Bonchev–Trinajstić information content (AvgIpc) is 3.07. The molecule has 2 aromatic carbocycles. The van der Waals surface area contributed by atoms with Crippen molar-refractivity contribution in [3.63, 3.8) is 0 Å². The lowest BCUT2D eigenvalue weighted by Crippen LogP contribution is -2.19. The number of methoxy groups -OCH3 is 1. The maximum Gasteiger partial charge on any atom is 0.250 e. The molecule has 144 valence electrons. The number of carbonyl (C=O) groups excluding carboxylic acids is 1. The lowest BCUT2D eigenvalue weighted by molar-refractivity contribution is -0.118. The molecule has 1 amide bonds. The van der Waals surface area contributed by atoms with Gasteiger partial charge < -0.3 is 9.30 Å². The fourth-order valence-corrected chi connectivity index (χ4v) is 3.28. The Morgan fingerprint density at radius 3 is 2.89 bits per heavy atom. The van der Waals surface area contributed by atoms with Gasteiger partial charge in [-0.25, -0.2) is 5.43 Å². The molecule has 0 spiro atoms. The van der Waals surface area contributed by atoms with E-state index in [1.165, 1.54) is 11.8 Å². The van der Waals surface area contributed by atoms with Gasteiger partial charge in [-0.05, 0) is 29.8 Å². The number of rotatable bonds is 7. The van der Waals surface area contributed by atoms with E-state index in [2.05, 4.69) is 20.7 Å². The number of carbonyl (C=O) groups is 1. The highest BCUT2D eigenvalue weighted by Gasteiger charge is 2.13. The molecule has 0 unspecified atom stereocenters. The van der Waals surface area contributed by atoms with E-state index in [-0.39, 0.29) is 11.7 Å². The minimum Gasteiger partial charge on any atom is -0.497 e. The van der Waals surface area contributed by atoms with Gasteiger partial charge in [0.2, 0.25) is 0 Å². The molecule has 0 aliphatic heterocycles. The zero-order valence-corrected chi connectivity index (χ0v) is 16.9. The maximum absolute atomic E-state index is 12.0. The monoisotopic (exact) mass is 415 g/mol. The summed E-state index contributed by atoms with van der Waals surface area (Å²) < 4.78 is 6.97. The molecule has 0 radical (unpaired) electrons. The minimum absolute atomic E-state index is 0.164. The van der Waals surface area contributed by atoms with Crippen molar-refractivity contribution in [1.29, 1.82) is 0 Å². The van der Waals surface area contributed by atoms with Crippen molar-refractivity contribution in [2.75, 3.05) is 12.9 Å². The van der Waals surface area contributed by atoms with Crippen molar-refractivity contribution in [3.05, 3.63) is 59.1 Å². The Bertz CT molecular complexity index is 1010. The molecule has 0 aliphatic carbocycles. The predicted octanol–water partition coefficient (Wildman–Crippen LogP) is 3.39. The van der Waals surface area contributed by atoms with E-state index in [4.69, 9.17) is 16.3 Å². The number of ether oxygens (including phenoxy) is 1. The minimum atomic E-state index is -0.239. The molecule has 0 saturated carbocycles. The maximum atomic E-state index is 12.0. The van der Waals surface area contributed by atoms with Crippen LogP contribution in [0.15, 0.2) is 58.8 Å². The third-order valence-corrected chi connectivity index (χ3v) is 5.00. The fourth-order valence-electron chi connectivity index (χ4n) is 2.38. The molecule has 0 saturated heterocycles. The van der Waals surface area contributed by atoms with Crippen LogP contribution < -0.4 is 10.2 Å². The summed E-state index contributed by atoms with van der Waals surface area (Å²) in [6.45, 7) is 0. The van der Waals surface area contributed by atoms with E-state index >= 15 is 0 Å². The quantitative estimate of drug-likeness (QED) is 0.363. The molecule has 1 heterocycles. The van der Waals surface area contributed by atoms with Gasteiger partial charge in [0.15, 0.2) is 11.0 Å². The van der Waals surface area contributed by atoms with Crippen molar-refractivity contribution < 1.29 is 9.53 Å². The summed E-state index contributed by atoms with van der Waals surface area (Å²) >= 11 is 7.31. The summed E-state index contributed by atoms with van der Waals surface area (Å²) in [5, 5.41) is 13.5. The first-order valence-corrected chi connectivity index (χ1v) is 9.67. The van der Waals surface area contributed by atoms with Gasteiger partial charge >= 0.3 is 0 Å². The average molecular weight is 416 g/mol. The highest BCUT2D eigenvalue weighted by molar-refractivity contribution is 7.99. The molecule has 3 rings (SSSR count). The largest absolute Gasteiger partial charge is 0.497 e. The van der Waals surface area contributed by atoms with E-state index in [1.807, 2.05) is 54.1 Å². The molecule has 1 N–H and O–H groups in total. The molecular formula is C19H18ClN5O2S. The Kier molecular flexibility index (Phi) is 6.67. The highest BCUT2D eigenvalue weighted by Crippen LogP contribution is 2.24. The third kappa shape index (κ3) is 5.11. The number of hydrogen-bond acceptors (Lipinski definition) is 6. The van der Waals surface area contributed by atoms with Crippen LogP contribution in [-0.2, 0) is 11.8 Å². The molecule has 9 heteroatoms. The Morgan fingerprint density at radius 1 is 1.29 bits per heavy atom. The summed E-state index contributed by atoms with van der Waals surface area (Å²) in [6.07, 6.45) is 1.56. The van der Waals surface area contributed by atoms with E-state index in [9.17, 15) is 4.79 Å². The van der Waals surface area contributed by atoms with Gasteiger partial charge in [-0.15, -0.1) is 10.2 Å². The van der Waals surface area contributed by atoms with Crippen LogP contribution in [0.25, 0.3) is 11.4 Å². The summed E-state index contributed by atoms with van der Waals surface area (Å²) in [6, 6.07) is 14.8. The Morgan fingerprint density at radius 2 is 2.11 bits per heavy atom. The number of nitrogens with zero attached hydrogens (tertiary/aromatic N) is 4. The van der Waals surface area contributed by atoms with Gasteiger partial charge in [-0.3, -0.25) is 4.79 Å². The van der Waals surface area contributed by atoms with E-state index in [0.717, 1.165) is 16.9 Å². The van der Waals surface area contributed by atoms with Crippen LogP contribution in [0.5, 0.6) is 5.75 Å². The smallest absolute Gasteiger partial charge is 0.250 e. The number of nitrogens with one attached hydrogen (secondary N) is 1. The molecule has 7 nitrogen and oxygen atoms in total. The third-order valence-electron chi connectivity index (χ3n) is 3.75. The topological polar surface area (TPSA) is 81.4 Å². The molecular weight excluding hydrogens is 398 g/mol. The van der Waals surface area contributed by atoms with Crippen LogP contribution >= 0.6 is 23.4 Å². The molecule has 3 aromatic rings. The van der Waals surface area contributed by atoms with Gasteiger partial charge in [-0.2, -0.15) is 5.10 Å². The second-order valence-corrected chi connectivity index (χ2v) is 7.11. The van der Waals surface area contributed by atoms with Gasteiger partial charge in [0.1, 0.15) is 5.75 Å². The first-order chi connectivity index (χ1) is 13.6. The molecule has 0 aliphatic rings. The zero-order chi connectivity index (χ0) is 19.9. The number of hydrogen-bond donors (Lipinski definition) is 1. The first kappa shape index (κ1) is 19.9. The van der Waals surface area contributed by atoms with Crippen molar-refractivity contribution in [2.24, 2.45) is 12.1 Å². The Hall–Kier alpha value is -2.84. The van der Waals surface area contributed by atoms with Crippen LogP contribution in [0.2, 0.25) is 5.02 Å². The molecule has 28 heavy (non-hydrogen) atoms. The van der Waals surface area contributed by atoms with Gasteiger partial charge in [0.25, 0.3) is 5.91 Å². The van der Waals surface area contributed by atoms with Crippen LogP contribution in [0.1, 0.15) is 5.56 Å². The number of amides is 1. The summed E-state index contributed by atoms with van der Waals surface area (Å²) in [7, 11) is 3.44. The summed E-state index contributed by atoms with van der Waals surface area (Å²) in [5.74, 6) is 1.33. The number of thioether (sulfide) groups is 1. The first-order valence-electron chi connectivity index (χ1n) is 8.31. The molecule has 1 aromatic heterocycles. The van der Waals surface area contributed by atoms with Crippen molar-refractivity contribution in [1.82, 2.24) is 20.2 Å². The Balaban J connectivity index is 1.55. The van der Waals surface area contributed by atoms with Crippen molar-refractivity contribution >= 4 is 35.5 Å². The number of halogens is 1. The summed E-state index contributed by atoms with van der Waals surface area (Å²) in [4.78, 5) is 12.0. The van der Waals surface area contributed by atoms with Crippen LogP contribution in [0.3, 0.4) is 0 Å². The lowest BCUT2D eigenvalue weighted by Gasteiger charge is -2.04. The standard InChI is InChI=1S/C19H18ClN5O2S/c1-25-18(14-6-4-7-15(20)10-14)23-24-19(25)28-12-17(26)22-21-11-13-5-3-8-16(9-13)27-2/h3-11H,12H2,1-2H3,(H,22,26)/b21-11-. The lowest BCUT2D eigenvalue weighted by atomic mass is 10.2. The van der Waals surface area contributed by atoms with Crippen molar-refractivity contribution in [2.45, 2.75) is 5.16 Å². The second-order valence-electron chi connectivity index (χ2n) is 5.73. The second kappa shape index (κ2) is 9.38. The van der Waals surface area contributed by atoms with Crippen LogP contribution in [0.4, 0.5) is 0 Å². The van der Waals surface area contributed by atoms with E-state index < -0.39 is 0 Å². The highest BCUT2D eigenvalue weighted by atomic mass is 35.5. The SMILES string of the molecule is COc1cccc(/C=N\NC(=O)CSc2nnc(-c3cccc(Cl)c3)n2C)c1. The number of benzene rings is 2. The summed E-state index contributed by atoms with van der Waals surface area (Å²) in [5.41, 5.74) is 4.19.